The van der Waals surface area contributed by atoms with Crippen LogP contribution in [0.1, 0.15) is 6.42 Å². The molecular formula is C10H19N5O3. The molecule has 1 heterocycles. The molecule has 18 heavy (non-hydrogen) atoms. The Morgan fingerprint density at radius 1 is 1.28 bits per heavy atom. The van der Waals surface area contributed by atoms with Gasteiger partial charge in [0.2, 0.25) is 5.91 Å². The zero-order valence-electron chi connectivity index (χ0n) is 10.8. The fourth-order valence-corrected chi connectivity index (χ4v) is 1.45. The molecule has 102 valence electrons. The van der Waals surface area contributed by atoms with Gasteiger partial charge in [0, 0.05) is 33.9 Å². The Hall–Kier alpha value is -1.54. The van der Waals surface area contributed by atoms with Crippen molar-refractivity contribution in [1.29, 1.82) is 0 Å². The first-order valence-corrected chi connectivity index (χ1v) is 5.74. The fraction of sp³-hybridized carbons (Fsp3) is 0.800. The van der Waals surface area contributed by atoms with E-state index in [1.54, 1.807) is 19.1 Å². The summed E-state index contributed by atoms with van der Waals surface area (Å²) in [7, 11) is 3.25. The lowest BCUT2D eigenvalue weighted by atomic mass is 10.3. The maximum Gasteiger partial charge on any atom is 0.244 e. The third kappa shape index (κ3) is 5.19. The summed E-state index contributed by atoms with van der Waals surface area (Å²) < 4.78 is 11.4. The maximum absolute atomic E-state index is 12.0. The predicted molar refractivity (Wildman–Crippen MR) is 62.8 cm³/mol. The molecule has 0 spiro atoms. The van der Waals surface area contributed by atoms with Crippen molar-refractivity contribution in [3.8, 4) is 0 Å². The van der Waals surface area contributed by atoms with Crippen LogP contribution in [0.3, 0.4) is 0 Å². The van der Waals surface area contributed by atoms with Gasteiger partial charge in [0.05, 0.1) is 6.61 Å². The lowest BCUT2D eigenvalue weighted by Crippen LogP contribution is -2.37. The van der Waals surface area contributed by atoms with Gasteiger partial charge in [0.1, 0.15) is 12.9 Å². The minimum Gasteiger partial charge on any atom is -0.385 e. The van der Waals surface area contributed by atoms with Crippen LogP contribution >= 0.6 is 0 Å². The Morgan fingerprint density at radius 3 is 2.67 bits per heavy atom. The minimum absolute atomic E-state index is 0.0320. The number of carbonyl (C=O) groups excluding carboxylic acids is 1. The molecule has 0 aliphatic carbocycles. The van der Waals surface area contributed by atoms with E-state index in [9.17, 15) is 4.79 Å². The number of amides is 1. The first-order valence-electron chi connectivity index (χ1n) is 5.74. The van der Waals surface area contributed by atoms with Gasteiger partial charge in [-0.05, 0) is 16.8 Å². The molecule has 0 atom stereocenters. The average molecular weight is 257 g/mol. The molecule has 0 saturated carbocycles. The third-order valence-corrected chi connectivity index (χ3v) is 2.38. The van der Waals surface area contributed by atoms with Crippen molar-refractivity contribution in [2.75, 3.05) is 40.5 Å². The molecule has 0 N–H and O–H groups in total. The summed E-state index contributed by atoms with van der Waals surface area (Å²) in [6.45, 7) is 2.47. The summed E-state index contributed by atoms with van der Waals surface area (Å²) in [5.74, 6) is -0.0320. The summed E-state index contributed by atoms with van der Waals surface area (Å²) in [4.78, 5) is 13.8. The second-order valence-corrected chi connectivity index (χ2v) is 3.73. The molecule has 0 bridgehead atoms. The summed E-state index contributed by atoms with van der Waals surface area (Å²) in [5.41, 5.74) is 0. The van der Waals surface area contributed by atoms with Crippen molar-refractivity contribution in [3.05, 3.63) is 6.33 Å². The fourth-order valence-electron chi connectivity index (χ4n) is 1.45. The molecule has 0 aromatic carbocycles. The summed E-state index contributed by atoms with van der Waals surface area (Å²) in [6.07, 6.45) is 2.21. The molecule has 0 aliphatic heterocycles. The third-order valence-electron chi connectivity index (χ3n) is 2.38. The van der Waals surface area contributed by atoms with Crippen LogP contribution in [0, 0.1) is 0 Å². The van der Waals surface area contributed by atoms with E-state index >= 15 is 0 Å². The Balaban J connectivity index is 2.43. The molecule has 0 saturated heterocycles. The van der Waals surface area contributed by atoms with Crippen LogP contribution in [0.2, 0.25) is 0 Å². The first-order chi connectivity index (χ1) is 8.77. The molecule has 1 aromatic heterocycles. The van der Waals surface area contributed by atoms with E-state index in [2.05, 4.69) is 15.5 Å². The Kier molecular flexibility index (Phi) is 6.89. The minimum atomic E-state index is -0.0320. The highest BCUT2D eigenvalue weighted by Gasteiger charge is 2.13. The molecule has 0 radical (unpaired) electrons. The number of rotatable bonds is 9. The number of methoxy groups -OCH3 is 2. The van der Waals surface area contributed by atoms with Crippen molar-refractivity contribution in [2.24, 2.45) is 0 Å². The van der Waals surface area contributed by atoms with Crippen molar-refractivity contribution in [2.45, 2.75) is 13.0 Å². The van der Waals surface area contributed by atoms with Gasteiger partial charge in [0.15, 0.2) is 0 Å². The summed E-state index contributed by atoms with van der Waals surface area (Å²) >= 11 is 0. The number of hydrogen-bond acceptors (Lipinski definition) is 6. The average Bonchev–Trinajstić information content (AvgIpc) is 2.86. The normalized spacial score (nSPS) is 10.6. The van der Waals surface area contributed by atoms with E-state index < -0.39 is 0 Å². The number of tetrazole rings is 1. The molecule has 0 unspecified atom stereocenters. The number of nitrogens with zero attached hydrogens (tertiary/aromatic N) is 5. The highest BCUT2D eigenvalue weighted by Crippen LogP contribution is 1.96. The molecular weight excluding hydrogens is 238 g/mol. The zero-order chi connectivity index (χ0) is 13.2. The van der Waals surface area contributed by atoms with Crippen molar-refractivity contribution >= 4 is 5.91 Å². The van der Waals surface area contributed by atoms with Gasteiger partial charge in [-0.3, -0.25) is 4.79 Å². The van der Waals surface area contributed by atoms with E-state index in [-0.39, 0.29) is 12.5 Å². The largest absolute Gasteiger partial charge is 0.385 e. The number of carbonyl (C=O) groups is 1. The second kappa shape index (κ2) is 8.54. The van der Waals surface area contributed by atoms with Gasteiger partial charge in [0.25, 0.3) is 0 Å². The second-order valence-electron chi connectivity index (χ2n) is 3.73. The standard InChI is InChI=1S/C10H19N5O3/c1-17-6-3-4-14(5-7-18-2)10(16)8-15-9-11-12-13-15/h9H,3-8H2,1-2H3. The van der Waals surface area contributed by atoms with Crippen LogP contribution in [0.4, 0.5) is 0 Å². The zero-order valence-corrected chi connectivity index (χ0v) is 10.8. The first kappa shape index (κ1) is 14.5. The number of aromatic nitrogens is 4. The van der Waals surface area contributed by atoms with Crippen LogP contribution < -0.4 is 0 Å². The maximum atomic E-state index is 12.0. The van der Waals surface area contributed by atoms with E-state index in [4.69, 9.17) is 9.47 Å². The van der Waals surface area contributed by atoms with E-state index in [1.165, 1.54) is 11.0 Å². The van der Waals surface area contributed by atoms with Gasteiger partial charge >= 0.3 is 0 Å². The number of hydrogen-bond donors (Lipinski definition) is 0. The molecule has 1 aromatic rings. The quantitative estimate of drug-likeness (QED) is 0.538. The van der Waals surface area contributed by atoms with Gasteiger partial charge in [-0.15, -0.1) is 5.10 Å². The lowest BCUT2D eigenvalue weighted by molar-refractivity contribution is -0.132. The molecule has 8 heteroatoms. The smallest absolute Gasteiger partial charge is 0.244 e. The lowest BCUT2D eigenvalue weighted by Gasteiger charge is -2.22. The highest BCUT2D eigenvalue weighted by atomic mass is 16.5. The van der Waals surface area contributed by atoms with Crippen LogP contribution in [0.5, 0.6) is 0 Å². The van der Waals surface area contributed by atoms with Crippen molar-refractivity contribution in [3.63, 3.8) is 0 Å². The molecule has 0 aliphatic rings. The molecule has 8 nitrogen and oxygen atoms in total. The number of ether oxygens (including phenoxy) is 2. The summed E-state index contributed by atoms with van der Waals surface area (Å²) in [6, 6.07) is 0. The van der Waals surface area contributed by atoms with Crippen LogP contribution in [0.15, 0.2) is 6.33 Å². The Morgan fingerprint density at radius 2 is 2.06 bits per heavy atom. The Bertz CT molecular complexity index is 330. The van der Waals surface area contributed by atoms with Crippen LogP contribution in [-0.4, -0.2) is 71.5 Å². The van der Waals surface area contributed by atoms with Gasteiger partial charge in [-0.1, -0.05) is 0 Å². The topological polar surface area (TPSA) is 82.4 Å². The van der Waals surface area contributed by atoms with Gasteiger partial charge in [-0.2, -0.15) is 0 Å². The van der Waals surface area contributed by atoms with E-state index in [0.29, 0.717) is 26.3 Å². The van der Waals surface area contributed by atoms with E-state index in [1.807, 2.05) is 0 Å². The van der Waals surface area contributed by atoms with Crippen LogP contribution in [-0.2, 0) is 20.8 Å². The predicted octanol–water partition coefficient (Wildman–Crippen LogP) is -0.815. The van der Waals surface area contributed by atoms with E-state index in [0.717, 1.165) is 6.42 Å². The van der Waals surface area contributed by atoms with Gasteiger partial charge in [-0.25, -0.2) is 4.68 Å². The van der Waals surface area contributed by atoms with Crippen LogP contribution in [0.25, 0.3) is 0 Å². The van der Waals surface area contributed by atoms with Gasteiger partial charge < -0.3 is 14.4 Å². The monoisotopic (exact) mass is 257 g/mol. The van der Waals surface area contributed by atoms with Crippen molar-refractivity contribution in [1.82, 2.24) is 25.1 Å². The van der Waals surface area contributed by atoms with Crippen molar-refractivity contribution < 1.29 is 14.3 Å². The molecule has 1 rings (SSSR count). The highest BCUT2D eigenvalue weighted by molar-refractivity contribution is 5.75. The summed E-state index contributed by atoms with van der Waals surface area (Å²) in [5, 5.41) is 10.6. The Labute approximate surface area is 106 Å². The molecule has 0 fully saturated rings. The molecule has 1 amide bonds. The SMILES string of the molecule is COCCCN(CCOC)C(=O)Cn1cnnn1.